The Morgan fingerprint density at radius 2 is 2.04 bits per heavy atom. The molecule has 0 aliphatic rings. The molecule has 6 nitrogen and oxygen atoms in total. The molecule has 1 atom stereocenters. The van der Waals surface area contributed by atoms with Gasteiger partial charge in [0, 0.05) is 19.2 Å². The van der Waals surface area contributed by atoms with Crippen LogP contribution in [0.4, 0.5) is 0 Å². The normalized spacial score (nSPS) is 12.8. The summed E-state index contributed by atoms with van der Waals surface area (Å²) in [5, 5.41) is 9.13. The lowest BCUT2D eigenvalue weighted by Crippen LogP contribution is -2.15. The maximum atomic E-state index is 12.3. The molecule has 2 heterocycles. The number of methoxy groups -OCH3 is 1. The van der Waals surface area contributed by atoms with Crippen molar-refractivity contribution in [2.45, 2.75) is 20.0 Å². The number of fused-ring (bicyclic) bond motifs is 3. The number of nitrogens with one attached hydrogen (secondary N) is 1. The average Bonchev–Trinajstić information content (AvgIpc) is 2.92. The molecule has 2 N–H and O–H groups in total. The second kappa shape index (κ2) is 5.89. The van der Waals surface area contributed by atoms with E-state index >= 15 is 0 Å². The molecule has 0 spiro atoms. The third kappa shape index (κ3) is 2.73. The molecule has 3 rings (SSSR count). The van der Waals surface area contributed by atoms with Crippen LogP contribution >= 0.6 is 0 Å². The van der Waals surface area contributed by atoms with Crippen molar-refractivity contribution < 1.29 is 14.6 Å². The number of aliphatic carboxylic acids is 1. The van der Waals surface area contributed by atoms with Gasteiger partial charge in [0.2, 0.25) is 0 Å². The van der Waals surface area contributed by atoms with E-state index in [0.717, 1.165) is 16.8 Å². The van der Waals surface area contributed by atoms with Crippen LogP contribution in [0.3, 0.4) is 0 Å². The summed E-state index contributed by atoms with van der Waals surface area (Å²) in [4.78, 5) is 26.3. The molecule has 0 radical (unpaired) electrons. The van der Waals surface area contributed by atoms with Gasteiger partial charge in [0.1, 0.15) is 5.52 Å². The first-order chi connectivity index (χ1) is 11.0. The van der Waals surface area contributed by atoms with Crippen LogP contribution in [-0.2, 0) is 22.6 Å². The standard InChI is InChI=1S/C17H18N2O4/c1-10(17(21)22)7-12-4-6-15-16(20)18-13-8-11(9-23-2)3-5-14(13)19(12)15/h3-6,8,10H,7,9H2,1-2H3,(H,18,20)(H,21,22). The summed E-state index contributed by atoms with van der Waals surface area (Å²) in [5.41, 5.74) is 3.65. The summed E-state index contributed by atoms with van der Waals surface area (Å²) in [6.45, 7) is 2.12. The Labute approximate surface area is 132 Å². The molecular formula is C17H18N2O4. The number of nitrogens with zero attached hydrogens (tertiary/aromatic N) is 1. The van der Waals surface area contributed by atoms with Gasteiger partial charge in [0.25, 0.3) is 5.56 Å². The minimum Gasteiger partial charge on any atom is -0.481 e. The molecule has 0 bridgehead atoms. The number of ether oxygens (including phenoxy) is 1. The highest BCUT2D eigenvalue weighted by molar-refractivity contribution is 5.79. The van der Waals surface area contributed by atoms with Crippen molar-refractivity contribution in [3.8, 4) is 0 Å². The van der Waals surface area contributed by atoms with Gasteiger partial charge in [-0.1, -0.05) is 13.0 Å². The second-order valence-electron chi connectivity index (χ2n) is 5.73. The molecule has 0 aliphatic heterocycles. The van der Waals surface area contributed by atoms with Crippen LogP contribution < -0.4 is 5.56 Å². The fourth-order valence-corrected chi connectivity index (χ4v) is 2.82. The van der Waals surface area contributed by atoms with Crippen molar-refractivity contribution in [2.75, 3.05) is 7.11 Å². The van der Waals surface area contributed by atoms with E-state index in [1.165, 1.54) is 0 Å². The summed E-state index contributed by atoms with van der Waals surface area (Å²) in [7, 11) is 1.62. The number of benzene rings is 1. The zero-order valence-electron chi connectivity index (χ0n) is 13.0. The largest absolute Gasteiger partial charge is 0.481 e. The zero-order valence-corrected chi connectivity index (χ0v) is 13.0. The Balaban J connectivity index is 2.22. The Kier molecular flexibility index (Phi) is 3.92. The monoisotopic (exact) mass is 314 g/mol. The Bertz CT molecular complexity index is 939. The van der Waals surface area contributed by atoms with E-state index in [1.807, 2.05) is 28.7 Å². The number of carbonyl (C=O) groups is 1. The smallest absolute Gasteiger partial charge is 0.306 e. The summed E-state index contributed by atoms with van der Waals surface area (Å²) in [6, 6.07) is 9.28. The molecule has 6 heteroatoms. The first-order valence-electron chi connectivity index (χ1n) is 7.38. The minimum absolute atomic E-state index is 0.193. The molecule has 23 heavy (non-hydrogen) atoms. The third-order valence-electron chi connectivity index (χ3n) is 3.99. The topological polar surface area (TPSA) is 83.8 Å². The second-order valence-corrected chi connectivity index (χ2v) is 5.73. The highest BCUT2D eigenvalue weighted by Crippen LogP contribution is 2.20. The van der Waals surface area contributed by atoms with Gasteiger partial charge in [-0.15, -0.1) is 0 Å². The van der Waals surface area contributed by atoms with Crippen molar-refractivity contribution in [1.29, 1.82) is 0 Å². The number of aromatic nitrogens is 2. The highest BCUT2D eigenvalue weighted by atomic mass is 16.5. The number of rotatable bonds is 5. The first kappa shape index (κ1) is 15.3. The highest BCUT2D eigenvalue weighted by Gasteiger charge is 2.16. The van der Waals surface area contributed by atoms with Crippen LogP contribution in [-0.4, -0.2) is 27.6 Å². The predicted octanol–water partition coefficient (Wildman–Crippen LogP) is 2.19. The SMILES string of the molecule is COCc1ccc2c(c1)[nH]c(=O)c1ccc(CC(C)C(=O)O)n12. The summed E-state index contributed by atoms with van der Waals surface area (Å²) in [6.07, 6.45) is 0.363. The van der Waals surface area contributed by atoms with Crippen LogP contribution in [0.15, 0.2) is 35.1 Å². The number of H-pyrrole nitrogens is 1. The van der Waals surface area contributed by atoms with Crippen LogP contribution in [0.25, 0.3) is 16.6 Å². The number of hydrogen-bond donors (Lipinski definition) is 2. The van der Waals surface area contributed by atoms with Gasteiger partial charge < -0.3 is 19.2 Å². The van der Waals surface area contributed by atoms with Crippen molar-refractivity contribution in [3.63, 3.8) is 0 Å². The van der Waals surface area contributed by atoms with Crippen LogP contribution in [0, 0.1) is 5.92 Å². The lowest BCUT2D eigenvalue weighted by Gasteiger charge is -2.10. The van der Waals surface area contributed by atoms with Crippen molar-refractivity contribution in [2.24, 2.45) is 5.92 Å². The molecule has 0 fully saturated rings. The van der Waals surface area contributed by atoms with Gasteiger partial charge in [-0.05, 0) is 29.8 Å². The molecule has 1 aromatic carbocycles. The van der Waals surface area contributed by atoms with Crippen molar-refractivity contribution in [1.82, 2.24) is 9.38 Å². The fourth-order valence-electron chi connectivity index (χ4n) is 2.82. The Morgan fingerprint density at radius 1 is 1.30 bits per heavy atom. The lowest BCUT2D eigenvalue weighted by atomic mass is 10.1. The maximum absolute atomic E-state index is 12.3. The van der Waals surface area contributed by atoms with Crippen LogP contribution in [0.5, 0.6) is 0 Å². The maximum Gasteiger partial charge on any atom is 0.306 e. The van der Waals surface area contributed by atoms with Gasteiger partial charge >= 0.3 is 5.97 Å². The van der Waals surface area contributed by atoms with E-state index in [9.17, 15) is 9.59 Å². The number of aromatic amines is 1. The molecule has 120 valence electrons. The Morgan fingerprint density at radius 3 is 2.74 bits per heavy atom. The molecule has 2 aromatic heterocycles. The summed E-state index contributed by atoms with van der Waals surface area (Å²) in [5.74, 6) is -1.37. The average molecular weight is 314 g/mol. The Hall–Kier alpha value is -2.60. The van der Waals surface area contributed by atoms with Crippen molar-refractivity contribution in [3.05, 3.63) is 51.9 Å². The lowest BCUT2D eigenvalue weighted by molar-refractivity contribution is -0.141. The predicted molar refractivity (Wildman–Crippen MR) is 86.7 cm³/mol. The van der Waals surface area contributed by atoms with E-state index in [1.54, 1.807) is 20.1 Å². The first-order valence-corrected chi connectivity index (χ1v) is 7.38. The van der Waals surface area contributed by atoms with Crippen LogP contribution in [0.2, 0.25) is 0 Å². The number of carboxylic acids is 1. The number of hydrogen-bond acceptors (Lipinski definition) is 3. The van der Waals surface area contributed by atoms with Gasteiger partial charge in [0.15, 0.2) is 0 Å². The quantitative estimate of drug-likeness (QED) is 0.756. The molecular weight excluding hydrogens is 296 g/mol. The van der Waals surface area contributed by atoms with E-state index in [-0.39, 0.29) is 5.56 Å². The minimum atomic E-state index is -0.850. The summed E-state index contributed by atoms with van der Waals surface area (Å²) >= 11 is 0. The molecule has 1 unspecified atom stereocenters. The van der Waals surface area contributed by atoms with Gasteiger partial charge in [-0.2, -0.15) is 0 Å². The van der Waals surface area contributed by atoms with Crippen molar-refractivity contribution >= 4 is 22.5 Å². The van der Waals surface area contributed by atoms with E-state index in [2.05, 4.69) is 4.98 Å². The summed E-state index contributed by atoms with van der Waals surface area (Å²) < 4.78 is 6.96. The van der Waals surface area contributed by atoms with E-state index in [4.69, 9.17) is 9.84 Å². The van der Waals surface area contributed by atoms with Crippen LogP contribution in [0.1, 0.15) is 18.2 Å². The molecule has 0 amide bonds. The van der Waals surface area contributed by atoms with E-state index in [0.29, 0.717) is 24.1 Å². The van der Waals surface area contributed by atoms with Gasteiger partial charge in [-0.3, -0.25) is 9.59 Å². The van der Waals surface area contributed by atoms with Gasteiger partial charge in [-0.25, -0.2) is 0 Å². The zero-order chi connectivity index (χ0) is 16.6. The van der Waals surface area contributed by atoms with Gasteiger partial charge in [0.05, 0.1) is 23.6 Å². The molecule has 0 aliphatic carbocycles. The fraction of sp³-hybridized carbons (Fsp3) is 0.294. The molecule has 0 saturated heterocycles. The molecule has 0 saturated carbocycles. The van der Waals surface area contributed by atoms with E-state index < -0.39 is 11.9 Å². The third-order valence-corrected chi connectivity index (χ3v) is 3.99. The molecule has 3 aromatic rings. The number of carboxylic acid groups (broad SMARTS) is 1.